The average Bonchev–Trinajstić information content (AvgIpc) is 3.08. The number of nitrogens with two attached hydrogens (primary N) is 1. The third-order valence-corrected chi connectivity index (χ3v) is 11.4. The maximum absolute atomic E-state index is 12.6. The molecule has 3 atom stereocenters. The molecule has 0 aromatic heterocycles. The van der Waals surface area contributed by atoms with Crippen molar-refractivity contribution in [2.45, 2.75) is 64.2 Å². The van der Waals surface area contributed by atoms with Gasteiger partial charge in [-0.2, -0.15) is 0 Å². The van der Waals surface area contributed by atoms with Gasteiger partial charge in [0.15, 0.2) is 8.32 Å². The molecule has 0 bridgehead atoms. The highest BCUT2D eigenvalue weighted by molar-refractivity contribution is 6.74. The van der Waals surface area contributed by atoms with Gasteiger partial charge < -0.3 is 20.3 Å². The number of oxime groups is 1. The van der Waals surface area contributed by atoms with E-state index in [1.807, 2.05) is 4.90 Å². The van der Waals surface area contributed by atoms with Crippen molar-refractivity contribution >= 4 is 20.1 Å². The number of carbonyl (C=O) groups is 1. The molecule has 1 fully saturated rings. The molecule has 3 aliphatic rings. The van der Waals surface area contributed by atoms with E-state index < -0.39 is 8.32 Å². The number of allylic oxidation sites excluding steroid dienone is 1. The van der Waals surface area contributed by atoms with Crippen LogP contribution in [0.25, 0.3) is 0 Å². The minimum Gasteiger partial charge on any atom is -0.415 e. The van der Waals surface area contributed by atoms with Crippen LogP contribution in [0.3, 0.4) is 0 Å². The minimum absolute atomic E-state index is 0.0407. The number of nitrogens with zero attached hydrogens (tertiary/aromatic N) is 2. The van der Waals surface area contributed by atoms with E-state index in [-0.39, 0.29) is 28.7 Å². The summed E-state index contributed by atoms with van der Waals surface area (Å²) in [6.45, 7) is 12.4. The molecule has 150 valence electrons. The summed E-state index contributed by atoms with van der Waals surface area (Å²) in [6.07, 6.45) is 6.42. The predicted molar refractivity (Wildman–Crippen MR) is 109 cm³/mol. The molecule has 0 aromatic rings. The Labute approximate surface area is 163 Å². The van der Waals surface area contributed by atoms with Crippen molar-refractivity contribution in [3.05, 3.63) is 23.3 Å². The highest BCUT2D eigenvalue weighted by Gasteiger charge is 2.48. The lowest BCUT2D eigenvalue weighted by Gasteiger charge is -2.37. The molecule has 3 N–H and O–H groups in total. The summed E-state index contributed by atoms with van der Waals surface area (Å²) in [4.78, 5) is 14.6. The second-order valence-corrected chi connectivity index (χ2v) is 14.3. The molecule has 7 heteroatoms. The number of hydrogen-bond acceptors (Lipinski definition) is 4. The van der Waals surface area contributed by atoms with Gasteiger partial charge in [-0.15, -0.1) is 0 Å². The Bertz CT molecular complexity index is 706. The van der Waals surface area contributed by atoms with E-state index >= 15 is 0 Å². The molecule has 0 saturated carbocycles. The van der Waals surface area contributed by atoms with Crippen LogP contribution in [0.5, 0.6) is 0 Å². The van der Waals surface area contributed by atoms with Gasteiger partial charge in [0, 0.05) is 18.9 Å². The van der Waals surface area contributed by atoms with E-state index in [1.165, 1.54) is 11.1 Å². The zero-order valence-corrected chi connectivity index (χ0v) is 18.2. The summed E-state index contributed by atoms with van der Waals surface area (Å²) in [5.41, 5.74) is 8.36. The van der Waals surface area contributed by atoms with Gasteiger partial charge in [0.1, 0.15) is 5.84 Å². The quantitative estimate of drug-likeness (QED) is 0.248. The molecule has 1 heterocycles. The predicted octanol–water partition coefficient (Wildman–Crippen LogP) is 3.25. The van der Waals surface area contributed by atoms with Gasteiger partial charge in [0.2, 0.25) is 5.91 Å². The minimum atomic E-state index is -1.82. The SMILES string of the molecule is CC(C)(C)[Si](C)(C)OCCN1C(=O)CC2CC3=C(C=CCC3/C(N)=N\O)C21. The van der Waals surface area contributed by atoms with Crippen LogP contribution in [0.15, 0.2) is 28.5 Å². The number of amidine groups is 1. The second-order valence-electron chi connectivity index (χ2n) is 9.51. The molecular weight excluding hydrogens is 358 g/mol. The Balaban J connectivity index is 1.74. The molecule has 3 unspecified atom stereocenters. The molecular formula is C20H33N3O3Si. The fourth-order valence-electron chi connectivity index (χ4n) is 4.33. The second kappa shape index (κ2) is 7.09. The lowest BCUT2D eigenvalue weighted by atomic mass is 9.86. The van der Waals surface area contributed by atoms with E-state index in [9.17, 15) is 4.79 Å². The molecule has 0 spiro atoms. The molecule has 1 amide bonds. The highest BCUT2D eigenvalue weighted by Crippen LogP contribution is 2.47. The van der Waals surface area contributed by atoms with Crippen LogP contribution in [0.2, 0.25) is 18.1 Å². The van der Waals surface area contributed by atoms with Gasteiger partial charge in [0.05, 0.1) is 12.6 Å². The van der Waals surface area contributed by atoms with Crippen LogP contribution in [0.1, 0.15) is 40.0 Å². The maximum Gasteiger partial charge on any atom is 0.223 e. The van der Waals surface area contributed by atoms with E-state index in [0.29, 0.717) is 25.5 Å². The van der Waals surface area contributed by atoms with Gasteiger partial charge in [-0.25, -0.2) is 0 Å². The topological polar surface area (TPSA) is 88.2 Å². The van der Waals surface area contributed by atoms with Crippen molar-refractivity contribution in [3.8, 4) is 0 Å². The summed E-state index contributed by atoms with van der Waals surface area (Å²) >= 11 is 0. The number of hydrogen-bond donors (Lipinski definition) is 2. The third kappa shape index (κ3) is 3.59. The standard InChI is InChI=1S/C20H33N3O3Si/c1-20(2,3)27(4,5)26-10-9-23-17(24)12-13-11-16-14(18(13)23)7-6-8-15(16)19(21)22-25/h6-7,13,15,18,25H,8-12H2,1-5H3,(H2,21,22). The molecule has 6 nitrogen and oxygen atoms in total. The Morgan fingerprint density at radius 3 is 2.74 bits per heavy atom. The number of amides is 1. The zero-order valence-electron chi connectivity index (χ0n) is 17.2. The molecule has 1 aliphatic heterocycles. The summed E-state index contributed by atoms with van der Waals surface area (Å²) in [7, 11) is -1.82. The van der Waals surface area contributed by atoms with Crippen molar-refractivity contribution in [1.29, 1.82) is 0 Å². The summed E-state index contributed by atoms with van der Waals surface area (Å²) < 4.78 is 6.30. The molecule has 2 aliphatic carbocycles. The first-order valence-corrected chi connectivity index (χ1v) is 12.8. The summed E-state index contributed by atoms with van der Waals surface area (Å²) in [5, 5.41) is 12.5. The normalized spacial score (nSPS) is 28.8. The van der Waals surface area contributed by atoms with Crippen LogP contribution in [-0.4, -0.2) is 49.4 Å². The largest absolute Gasteiger partial charge is 0.415 e. The fraction of sp³-hybridized carbons (Fsp3) is 0.700. The van der Waals surface area contributed by atoms with Crippen LogP contribution in [-0.2, 0) is 9.22 Å². The van der Waals surface area contributed by atoms with Crippen LogP contribution < -0.4 is 5.73 Å². The lowest BCUT2D eigenvalue weighted by Crippen LogP contribution is -2.44. The van der Waals surface area contributed by atoms with Crippen LogP contribution in [0.4, 0.5) is 0 Å². The third-order valence-electron chi connectivity index (χ3n) is 6.87. The van der Waals surface area contributed by atoms with Gasteiger partial charge >= 0.3 is 0 Å². The summed E-state index contributed by atoms with van der Waals surface area (Å²) in [5.74, 6) is 0.744. The number of fused-ring (bicyclic) bond motifs is 2. The van der Waals surface area contributed by atoms with Gasteiger partial charge in [-0.3, -0.25) is 4.79 Å². The number of rotatable bonds is 5. The lowest BCUT2D eigenvalue weighted by molar-refractivity contribution is -0.128. The number of likely N-dealkylation sites (tertiary alicyclic amines) is 1. The smallest absolute Gasteiger partial charge is 0.223 e. The molecule has 0 aromatic carbocycles. The fourth-order valence-corrected chi connectivity index (χ4v) is 5.36. The van der Waals surface area contributed by atoms with Crippen molar-refractivity contribution in [1.82, 2.24) is 4.90 Å². The van der Waals surface area contributed by atoms with Crippen molar-refractivity contribution < 1.29 is 14.4 Å². The maximum atomic E-state index is 12.6. The van der Waals surface area contributed by atoms with Crippen LogP contribution >= 0.6 is 0 Å². The molecule has 0 radical (unpaired) electrons. The van der Waals surface area contributed by atoms with Gasteiger partial charge in [0.25, 0.3) is 0 Å². The first-order chi connectivity index (χ1) is 12.6. The Kier molecular flexibility index (Phi) is 5.29. The Morgan fingerprint density at radius 1 is 1.41 bits per heavy atom. The Morgan fingerprint density at radius 2 is 2.11 bits per heavy atom. The van der Waals surface area contributed by atoms with Crippen molar-refractivity contribution in [2.24, 2.45) is 22.7 Å². The van der Waals surface area contributed by atoms with E-state index in [4.69, 9.17) is 15.4 Å². The van der Waals surface area contributed by atoms with Crippen molar-refractivity contribution in [2.75, 3.05) is 13.2 Å². The van der Waals surface area contributed by atoms with E-state index in [2.05, 4.69) is 51.2 Å². The number of carbonyl (C=O) groups excluding carboxylic acids is 1. The molecule has 1 saturated heterocycles. The highest BCUT2D eigenvalue weighted by atomic mass is 28.4. The molecule has 27 heavy (non-hydrogen) atoms. The monoisotopic (exact) mass is 391 g/mol. The van der Waals surface area contributed by atoms with E-state index in [1.54, 1.807) is 0 Å². The van der Waals surface area contributed by atoms with Crippen molar-refractivity contribution in [3.63, 3.8) is 0 Å². The summed E-state index contributed by atoms with van der Waals surface area (Å²) in [6, 6.07) is 0.112. The zero-order chi connectivity index (χ0) is 20.0. The first-order valence-electron chi connectivity index (χ1n) is 9.87. The van der Waals surface area contributed by atoms with Gasteiger partial charge in [-0.05, 0) is 42.5 Å². The Hall–Kier alpha value is -1.60. The van der Waals surface area contributed by atoms with Gasteiger partial charge in [-0.1, -0.05) is 43.7 Å². The average molecular weight is 392 g/mol. The molecule has 3 rings (SSSR count). The van der Waals surface area contributed by atoms with Crippen LogP contribution in [0, 0.1) is 11.8 Å². The first kappa shape index (κ1) is 20.1. The van der Waals surface area contributed by atoms with E-state index in [0.717, 1.165) is 12.8 Å².